The monoisotopic (exact) mass is 224 g/mol. The zero-order valence-electron chi connectivity index (χ0n) is 8.98. The summed E-state index contributed by atoms with van der Waals surface area (Å²) in [5, 5.41) is 0. The Bertz CT molecular complexity index is 176. The van der Waals surface area contributed by atoms with Crippen molar-refractivity contribution in [3.63, 3.8) is 0 Å². The van der Waals surface area contributed by atoms with Crippen LogP contribution in [-0.2, 0) is 9.09 Å². The molecule has 14 heavy (non-hydrogen) atoms. The molecule has 0 heterocycles. The molecule has 0 spiro atoms. The maximum absolute atomic E-state index is 10.3. The molecule has 0 amide bonds. The van der Waals surface area contributed by atoms with Crippen LogP contribution in [0.5, 0.6) is 0 Å². The van der Waals surface area contributed by atoms with Crippen LogP contribution in [0.15, 0.2) is 0 Å². The van der Waals surface area contributed by atoms with Crippen molar-refractivity contribution in [2.24, 2.45) is 5.92 Å². The molecule has 0 atom stereocenters. The van der Waals surface area contributed by atoms with E-state index in [0.29, 0.717) is 0 Å². The molecule has 0 aromatic heterocycles. The van der Waals surface area contributed by atoms with Gasteiger partial charge in [0.25, 0.3) is 0 Å². The molecule has 0 aliphatic rings. The van der Waals surface area contributed by atoms with Gasteiger partial charge in [0.05, 0.1) is 6.61 Å². The molecule has 0 bridgehead atoms. The zero-order valence-corrected chi connectivity index (χ0v) is 9.87. The number of unbranched alkanes of at least 4 members (excludes halogenated alkanes) is 3. The first-order valence-corrected chi connectivity index (χ1v) is 6.65. The summed E-state index contributed by atoms with van der Waals surface area (Å²) in [5.74, 6) is 0.737. The molecule has 0 fully saturated rings. The van der Waals surface area contributed by atoms with Crippen molar-refractivity contribution in [2.45, 2.75) is 46.0 Å². The predicted molar refractivity (Wildman–Crippen MR) is 55.9 cm³/mol. The first kappa shape index (κ1) is 14.1. The van der Waals surface area contributed by atoms with Gasteiger partial charge in [0.1, 0.15) is 0 Å². The van der Waals surface area contributed by atoms with E-state index in [2.05, 4.69) is 18.4 Å². The Morgan fingerprint density at radius 1 is 1.14 bits per heavy atom. The highest BCUT2D eigenvalue weighted by Crippen LogP contribution is 2.35. The summed E-state index contributed by atoms with van der Waals surface area (Å²) in [6.45, 7) is 4.54. The molecule has 4 nitrogen and oxygen atoms in total. The van der Waals surface area contributed by atoms with E-state index in [0.717, 1.165) is 25.2 Å². The molecule has 0 rings (SSSR count). The van der Waals surface area contributed by atoms with Crippen molar-refractivity contribution in [2.75, 3.05) is 6.61 Å². The second-order valence-electron chi connectivity index (χ2n) is 3.92. The summed E-state index contributed by atoms with van der Waals surface area (Å²) in [6, 6.07) is 0. The van der Waals surface area contributed by atoms with Crippen molar-refractivity contribution in [3.05, 3.63) is 0 Å². The number of phosphoric ester groups is 1. The molecular formula is C9H21O4P. The van der Waals surface area contributed by atoms with Gasteiger partial charge in [-0.2, -0.15) is 0 Å². The fourth-order valence-electron chi connectivity index (χ4n) is 1.19. The molecule has 0 aliphatic carbocycles. The predicted octanol–water partition coefficient (Wildman–Crippen LogP) is 2.70. The number of hydrogen-bond donors (Lipinski definition) is 2. The molecule has 0 saturated carbocycles. The van der Waals surface area contributed by atoms with Crippen molar-refractivity contribution >= 4 is 7.82 Å². The molecule has 0 radical (unpaired) electrons. The second kappa shape index (κ2) is 7.41. The molecular weight excluding hydrogens is 203 g/mol. The molecule has 0 aliphatic heterocycles. The van der Waals surface area contributed by atoms with E-state index in [1.165, 1.54) is 12.8 Å². The van der Waals surface area contributed by atoms with Gasteiger partial charge in [-0.1, -0.05) is 39.5 Å². The van der Waals surface area contributed by atoms with Gasteiger partial charge in [-0.3, -0.25) is 4.52 Å². The van der Waals surface area contributed by atoms with Crippen LogP contribution in [0.25, 0.3) is 0 Å². The van der Waals surface area contributed by atoms with Crippen LogP contribution in [0.3, 0.4) is 0 Å². The summed E-state index contributed by atoms with van der Waals surface area (Å²) in [4.78, 5) is 16.8. The third-order valence-corrected chi connectivity index (χ3v) is 2.45. The van der Waals surface area contributed by atoms with Crippen molar-refractivity contribution < 1.29 is 18.9 Å². The number of rotatable bonds is 8. The average Bonchev–Trinajstić information content (AvgIpc) is 2.00. The lowest BCUT2D eigenvalue weighted by Crippen LogP contribution is -1.93. The van der Waals surface area contributed by atoms with Crippen LogP contribution in [0, 0.1) is 5.92 Å². The SMILES string of the molecule is CC(C)CCCCCCOP(=O)(O)O. The van der Waals surface area contributed by atoms with Crippen LogP contribution in [0.1, 0.15) is 46.0 Å². The Morgan fingerprint density at radius 3 is 2.21 bits per heavy atom. The van der Waals surface area contributed by atoms with Crippen LogP contribution in [-0.4, -0.2) is 16.4 Å². The Labute approximate surface area is 85.9 Å². The second-order valence-corrected chi connectivity index (χ2v) is 5.16. The Morgan fingerprint density at radius 2 is 1.71 bits per heavy atom. The van der Waals surface area contributed by atoms with E-state index < -0.39 is 7.82 Å². The maximum atomic E-state index is 10.3. The van der Waals surface area contributed by atoms with Gasteiger partial charge in [-0.25, -0.2) is 4.57 Å². The van der Waals surface area contributed by atoms with Gasteiger partial charge in [-0.05, 0) is 12.3 Å². The molecule has 0 saturated heterocycles. The minimum absolute atomic E-state index is 0.159. The average molecular weight is 224 g/mol. The van der Waals surface area contributed by atoms with E-state index in [1.807, 2.05) is 0 Å². The van der Waals surface area contributed by atoms with E-state index in [1.54, 1.807) is 0 Å². The molecule has 5 heteroatoms. The van der Waals surface area contributed by atoms with Gasteiger partial charge >= 0.3 is 7.82 Å². The molecule has 0 aromatic carbocycles. The first-order valence-electron chi connectivity index (χ1n) is 5.12. The Kier molecular flexibility index (Phi) is 7.47. The fraction of sp³-hybridized carbons (Fsp3) is 1.00. The summed E-state index contributed by atoms with van der Waals surface area (Å²) < 4.78 is 14.6. The minimum atomic E-state index is -4.24. The highest BCUT2D eigenvalue weighted by atomic mass is 31.2. The summed E-state index contributed by atoms with van der Waals surface area (Å²) in [5.41, 5.74) is 0. The summed E-state index contributed by atoms with van der Waals surface area (Å²) in [6.07, 6.45) is 5.23. The maximum Gasteiger partial charge on any atom is 0.469 e. The molecule has 2 N–H and O–H groups in total. The Balaban J connectivity index is 3.11. The lowest BCUT2D eigenvalue weighted by molar-refractivity contribution is 0.193. The van der Waals surface area contributed by atoms with E-state index in [4.69, 9.17) is 9.79 Å². The normalized spacial score (nSPS) is 12.4. The summed E-state index contributed by atoms with van der Waals surface area (Å²) in [7, 11) is -4.24. The van der Waals surface area contributed by atoms with Crippen LogP contribution >= 0.6 is 7.82 Å². The third kappa shape index (κ3) is 12.1. The smallest absolute Gasteiger partial charge is 0.303 e. The lowest BCUT2D eigenvalue weighted by Gasteiger charge is -2.05. The van der Waals surface area contributed by atoms with Crippen LogP contribution in [0.4, 0.5) is 0 Å². The largest absolute Gasteiger partial charge is 0.469 e. The van der Waals surface area contributed by atoms with E-state index in [9.17, 15) is 4.57 Å². The van der Waals surface area contributed by atoms with Crippen molar-refractivity contribution in [1.29, 1.82) is 0 Å². The summed E-state index contributed by atoms with van der Waals surface area (Å²) >= 11 is 0. The van der Waals surface area contributed by atoms with Gasteiger partial charge in [-0.15, -0.1) is 0 Å². The van der Waals surface area contributed by atoms with Crippen molar-refractivity contribution in [1.82, 2.24) is 0 Å². The van der Waals surface area contributed by atoms with Gasteiger partial charge in [0, 0.05) is 0 Å². The molecule has 0 unspecified atom stereocenters. The Hall–Kier alpha value is 0.110. The third-order valence-electron chi connectivity index (χ3n) is 1.94. The van der Waals surface area contributed by atoms with Gasteiger partial charge in [0.2, 0.25) is 0 Å². The van der Waals surface area contributed by atoms with Gasteiger partial charge < -0.3 is 9.79 Å². The minimum Gasteiger partial charge on any atom is -0.303 e. The lowest BCUT2D eigenvalue weighted by atomic mass is 10.0. The fourth-order valence-corrected chi connectivity index (χ4v) is 1.56. The molecule has 0 aromatic rings. The zero-order chi connectivity index (χ0) is 11.0. The van der Waals surface area contributed by atoms with E-state index >= 15 is 0 Å². The topological polar surface area (TPSA) is 66.8 Å². The van der Waals surface area contributed by atoms with Crippen LogP contribution < -0.4 is 0 Å². The highest BCUT2D eigenvalue weighted by Gasteiger charge is 2.12. The van der Waals surface area contributed by atoms with Gasteiger partial charge in [0.15, 0.2) is 0 Å². The first-order chi connectivity index (χ1) is 6.42. The van der Waals surface area contributed by atoms with E-state index in [-0.39, 0.29) is 6.61 Å². The molecule has 86 valence electrons. The van der Waals surface area contributed by atoms with Crippen molar-refractivity contribution in [3.8, 4) is 0 Å². The number of phosphoric acid groups is 1. The van der Waals surface area contributed by atoms with Crippen LogP contribution in [0.2, 0.25) is 0 Å². The quantitative estimate of drug-likeness (QED) is 0.491. The highest BCUT2D eigenvalue weighted by molar-refractivity contribution is 7.46. The number of hydrogen-bond acceptors (Lipinski definition) is 2. The standard InChI is InChI=1S/C9H21O4P/c1-9(2)7-5-3-4-6-8-13-14(10,11)12/h9H,3-8H2,1-2H3,(H2,10,11,12).